The van der Waals surface area contributed by atoms with Crippen LogP contribution in [0.2, 0.25) is 0 Å². The molecule has 2 saturated heterocycles. The summed E-state index contributed by atoms with van der Waals surface area (Å²) in [5, 5.41) is 16.0. The van der Waals surface area contributed by atoms with Crippen LogP contribution in [0.3, 0.4) is 0 Å². The number of fused-ring (bicyclic) bond motifs is 2. The second-order valence-electron chi connectivity index (χ2n) is 13.6. The Hall–Kier alpha value is -4.93. The maximum atomic E-state index is 14.3. The van der Waals surface area contributed by atoms with Gasteiger partial charge in [0.25, 0.3) is 5.91 Å². The second kappa shape index (κ2) is 13.9. The molecule has 0 unspecified atom stereocenters. The van der Waals surface area contributed by atoms with E-state index in [1.165, 1.54) is 6.42 Å². The number of carbonyl (C=O) groups is 3. The van der Waals surface area contributed by atoms with Crippen molar-refractivity contribution in [1.29, 1.82) is 0 Å². The molecule has 10 heteroatoms. The molecule has 0 bridgehead atoms. The molecule has 3 amide bonds. The van der Waals surface area contributed by atoms with Crippen molar-refractivity contribution in [2.45, 2.75) is 63.3 Å². The van der Waals surface area contributed by atoms with Gasteiger partial charge in [0.2, 0.25) is 11.8 Å². The molecule has 2 aliphatic heterocycles. The summed E-state index contributed by atoms with van der Waals surface area (Å²) in [7, 11) is 2.01. The highest BCUT2D eigenvalue weighted by Gasteiger charge is 2.46. The lowest BCUT2D eigenvalue weighted by Gasteiger charge is -2.50. The van der Waals surface area contributed by atoms with Crippen molar-refractivity contribution in [3.05, 3.63) is 102 Å². The summed E-state index contributed by atoms with van der Waals surface area (Å²) in [5.74, 6) is -0.0971. The third-order valence-electron chi connectivity index (χ3n) is 10.1. The Kier molecular flexibility index (Phi) is 9.25. The molecule has 49 heavy (non-hydrogen) atoms. The van der Waals surface area contributed by atoms with E-state index in [1.54, 1.807) is 35.2 Å². The van der Waals surface area contributed by atoms with Crippen molar-refractivity contribution >= 4 is 28.6 Å². The molecule has 254 valence electrons. The van der Waals surface area contributed by atoms with Gasteiger partial charge in [-0.3, -0.25) is 14.4 Å². The highest BCUT2D eigenvalue weighted by molar-refractivity contribution is 6.00. The minimum Gasteiger partial charge on any atom is -0.508 e. The molecule has 2 atom stereocenters. The number of rotatable bonds is 9. The minimum atomic E-state index is -0.695. The molecule has 3 heterocycles. The van der Waals surface area contributed by atoms with Crippen molar-refractivity contribution in [2.24, 2.45) is 7.05 Å². The maximum absolute atomic E-state index is 14.3. The number of carbonyl (C=O) groups excluding carboxylic acids is 3. The second-order valence-corrected chi connectivity index (χ2v) is 13.6. The van der Waals surface area contributed by atoms with Crippen molar-refractivity contribution in [1.82, 2.24) is 30.1 Å². The Bertz CT molecular complexity index is 1880. The zero-order valence-electron chi connectivity index (χ0n) is 28.0. The first-order chi connectivity index (χ1) is 23.8. The largest absolute Gasteiger partial charge is 0.508 e. The standard InChI is InChI=1S/C39H44N6O4/c1-3-19-44-25-36(47)45-34(20-26-15-17-31(46)18-16-26)39(49)43(24-35(45)41-44)22-29-11-8-14-32-33(23-42(2)37(29)32)27-9-7-10-28(21-27)38(48)40-30-12-5-4-6-13-30/h3,7-11,14-18,21,23,30,34-35,41,46H,1,4-6,12-13,19-20,22,24-25H2,2H3,(H,40,48)/t34-,35+/m0/s1. The summed E-state index contributed by atoms with van der Waals surface area (Å²) in [6.07, 6.45) is 9.41. The Morgan fingerprint density at radius 1 is 1.04 bits per heavy atom. The third-order valence-corrected chi connectivity index (χ3v) is 10.1. The number of hydrogen-bond acceptors (Lipinski definition) is 6. The number of aryl methyl sites for hydroxylation is 1. The van der Waals surface area contributed by atoms with E-state index in [0.29, 0.717) is 31.6 Å². The Labute approximate surface area is 287 Å². The van der Waals surface area contributed by atoms with Crippen LogP contribution in [0.15, 0.2) is 85.6 Å². The van der Waals surface area contributed by atoms with Gasteiger partial charge >= 0.3 is 0 Å². The molecular weight excluding hydrogens is 616 g/mol. The van der Waals surface area contributed by atoms with E-state index in [9.17, 15) is 19.5 Å². The Morgan fingerprint density at radius 3 is 2.59 bits per heavy atom. The molecule has 1 saturated carbocycles. The minimum absolute atomic E-state index is 0.0318. The zero-order chi connectivity index (χ0) is 34.1. The molecular formula is C39H44N6O4. The average molecular weight is 661 g/mol. The number of aromatic hydroxyl groups is 1. The van der Waals surface area contributed by atoms with Crippen molar-refractivity contribution in [3.63, 3.8) is 0 Å². The molecule has 7 rings (SSSR count). The van der Waals surface area contributed by atoms with Crippen LogP contribution in [0.1, 0.15) is 53.6 Å². The molecule has 10 nitrogen and oxygen atoms in total. The molecule has 3 N–H and O–H groups in total. The first kappa shape index (κ1) is 32.6. The number of aromatic nitrogens is 1. The number of hydrazine groups is 1. The lowest BCUT2D eigenvalue weighted by Crippen LogP contribution is -2.74. The lowest BCUT2D eigenvalue weighted by molar-refractivity contribution is -0.168. The monoisotopic (exact) mass is 660 g/mol. The van der Waals surface area contributed by atoms with Gasteiger partial charge in [0.15, 0.2) is 0 Å². The number of para-hydroxylation sites is 1. The highest BCUT2D eigenvalue weighted by Crippen LogP contribution is 2.34. The molecule has 0 spiro atoms. The SMILES string of the molecule is C=CCN1CC(=O)N2[C@H](CN(Cc3cccc4c(-c5cccc(C(=O)NC6CCCCC6)c5)cn(C)c34)C(=O)[C@@H]2Cc2ccc(O)cc2)N1. The molecule has 1 aromatic heterocycles. The van der Waals surface area contributed by atoms with Gasteiger partial charge in [0.05, 0.1) is 18.6 Å². The predicted octanol–water partition coefficient (Wildman–Crippen LogP) is 4.73. The summed E-state index contributed by atoms with van der Waals surface area (Å²) in [5.41, 5.74) is 8.96. The fourth-order valence-corrected chi connectivity index (χ4v) is 7.80. The van der Waals surface area contributed by atoms with E-state index in [-0.39, 0.29) is 36.1 Å². The number of phenolic OH excluding ortho intramolecular Hbond substituents is 1. The van der Waals surface area contributed by atoms with Gasteiger partial charge in [-0.05, 0) is 53.8 Å². The first-order valence-corrected chi connectivity index (χ1v) is 17.3. The number of benzene rings is 3. The van der Waals surface area contributed by atoms with E-state index >= 15 is 0 Å². The average Bonchev–Trinajstić information content (AvgIpc) is 3.45. The topological polar surface area (TPSA) is 110 Å². The van der Waals surface area contributed by atoms with E-state index in [0.717, 1.165) is 58.8 Å². The molecule has 3 fully saturated rings. The van der Waals surface area contributed by atoms with Crippen LogP contribution in [0.4, 0.5) is 0 Å². The Morgan fingerprint density at radius 2 is 1.82 bits per heavy atom. The van der Waals surface area contributed by atoms with Gasteiger partial charge in [0.1, 0.15) is 18.0 Å². The summed E-state index contributed by atoms with van der Waals surface area (Å²) >= 11 is 0. The number of nitrogens with zero attached hydrogens (tertiary/aromatic N) is 4. The summed E-state index contributed by atoms with van der Waals surface area (Å²) in [6, 6.07) is 20.3. The van der Waals surface area contributed by atoms with Crippen LogP contribution < -0.4 is 10.7 Å². The number of nitrogens with one attached hydrogen (secondary N) is 2. The highest BCUT2D eigenvalue weighted by atomic mass is 16.3. The predicted molar refractivity (Wildman–Crippen MR) is 189 cm³/mol. The van der Waals surface area contributed by atoms with Gasteiger partial charge in [-0.15, -0.1) is 6.58 Å². The van der Waals surface area contributed by atoms with Crippen molar-refractivity contribution in [3.8, 4) is 16.9 Å². The summed E-state index contributed by atoms with van der Waals surface area (Å²) in [4.78, 5) is 44.5. The molecule has 3 aliphatic rings. The van der Waals surface area contributed by atoms with Gasteiger partial charge < -0.3 is 24.8 Å². The number of phenols is 1. The quantitative estimate of drug-likeness (QED) is 0.224. The van der Waals surface area contributed by atoms with Crippen LogP contribution >= 0.6 is 0 Å². The lowest BCUT2D eigenvalue weighted by atomic mass is 9.95. The fourth-order valence-electron chi connectivity index (χ4n) is 7.80. The van der Waals surface area contributed by atoms with E-state index in [4.69, 9.17) is 0 Å². The van der Waals surface area contributed by atoms with Crippen molar-refractivity contribution < 1.29 is 19.5 Å². The van der Waals surface area contributed by atoms with Crippen LogP contribution in [-0.2, 0) is 29.6 Å². The molecule has 3 aromatic carbocycles. The summed E-state index contributed by atoms with van der Waals surface area (Å²) in [6.45, 7) is 5.18. The van der Waals surface area contributed by atoms with Crippen molar-refractivity contribution in [2.75, 3.05) is 19.6 Å². The van der Waals surface area contributed by atoms with E-state index in [2.05, 4.69) is 40.2 Å². The number of hydrogen-bond donors (Lipinski definition) is 3. The smallest absolute Gasteiger partial charge is 0.251 e. The van der Waals surface area contributed by atoms with Crippen LogP contribution in [-0.4, -0.2) is 80.1 Å². The van der Waals surface area contributed by atoms with E-state index in [1.807, 2.05) is 47.3 Å². The third kappa shape index (κ3) is 6.71. The summed E-state index contributed by atoms with van der Waals surface area (Å²) < 4.78 is 2.09. The van der Waals surface area contributed by atoms with Gasteiger partial charge in [-0.25, -0.2) is 10.4 Å². The Balaban J connectivity index is 1.17. The normalized spacial score (nSPS) is 20.4. The first-order valence-electron chi connectivity index (χ1n) is 17.3. The molecule has 1 aliphatic carbocycles. The molecule has 0 radical (unpaired) electrons. The van der Waals surface area contributed by atoms with E-state index < -0.39 is 12.2 Å². The number of amides is 3. The van der Waals surface area contributed by atoms with Crippen LogP contribution in [0.25, 0.3) is 22.0 Å². The van der Waals surface area contributed by atoms with Gasteiger partial charge in [0, 0.05) is 55.3 Å². The van der Waals surface area contributed by atoms with Gasteiger partial charge in [-0.1, -0.05) is 67.8 Å². The maximum Gasteiger partial charge on any atom is 0.251 e. The fraction of sp³-hybridized carbons (Fsp3) is 0.359. The number of piperazine rings is 1. The van der Waals surface area contributed by atoms with Crippen LogP contribution in [0, 0.1) is 0 Å². The zero-order valence-corrected chi connectivity index (χ0v) is 28.0. The van der Waals surface area contributed by atoms with Crippen LogP contribution in [0.5, 0.6) is 5.75 Å². The van der Waals surface area contributed by atoms with Gasteiger partial charge in [-0.2, -0.15) is 0 Å². The molecule has 4 aromatic rings.